The number of benzene rings is 2. The number of ether oxygens (including phenoxy) is 1. The maximum atomic E-state index is 12.9. The summed E-state index contributed by atoms with van der Waals surface area (Å²) in [4.78, 5) is 24.0. The number of para-hydroxylation sites is 1. The van der Waals surface area contributed by atoms with Crippen molar-refractivity contribution in [2.24, 2.45) is 0 Å². The molecule has 2 aromatic carbocycles. The van der Waals surface area contributed by atoms with Gasteiger partial charge in [0.25, 0.3) is 5.91 Å². The van der Waals surface area contributed by atoms with Gasteiger partial charge in [-0.15, -0.1) is 0 Å². The van der Waals surface area contributed by atoms with Crippen molar-refractivity contribution in [1.82, 2.24) is 0 Å². The van der Waals surface area contributed by atoms with Crippen molar-refractivity contribution in [3.63, 3.8) is 0 Å². The zero-order chi connectivity index (χ0) is 18.6. The molecule has 8 heteroatoms. The first kappa shape index (κ1) is 19.0. The van der Waals surface area contributed by atoms with Gasteiger partial charge in [-0.2, -0.15) is 13.2 Å². The van der Waals surface area contributed by atoms with Gasteiger partial charge in [-0.1, -0.05) is 28.1 Å². The highest BCUT2D eigenvalue weighted by Crippen LogP contribution is 2.34. The molecule has 0 radical (unpaired) electrons. The molecule has 1 unspecified atom stereocenters. The number of halogens is 4. The van der Waals surface area contributed by atoms with Gasteiger partial charge in [0, 0.05) is 4.47 Å². The van der Waals surface area contributed by atoms with Crippen LogP contribution in [0.15, 0.2) is 53.0 Å². The van der Waals surface area contributed by atoms with E-state index in [0.29, 0.717) is 0 Å². The average Bonchev–Trinajstić information content (AvgIpc) is 2.54. The Hall–Kier alpha value is -2.35. The number of nitrogens with one attached hydrogen (secondary N) is 1. The predicted molar refractivity (Wildman–Crippen MR) is 89.1 cm³/mol. The molecule has 0 heterocycles. The molecule has 1 N–H and O–H groups in total. The Morgan fingerprint density at radius 2 is 1.68 bits per heavy atom. The van der Waals surface area contributed by atoms with E-state index in [4.69, 9.17) is 4.74 Å². The van der Waals surface area contributed by atoms with Crippen molar-refractivity contribution < 1.29 is 27.5 Å². The van der Waals surface area contributed by atoms with Gasteiger partial charge < -0.3 is 10.1 Å². The molecule has 0 saturated carbocycles. The zero-order valence-corrected chi connectivity index (χ0v) is 14.5. The fourth-order valence-electron chi connectivity index (χ4n) is 1.94. The van der Waals surface area contributed by atoms with E-state index in [1.807, 2.05) is 0 Å². The van der Waals surface area contributed by atoms with E-state index in [1.165, 1.54) is 31.2 Å². The van der Waals surface area contributed by atoms with Crippen molar-refractivity contribution in [3.8, 4) is 0 Å². The largest absolute Gasteiger partial charge is 0.449 e. The first-order valence-electron chi connectivity index (χ1n) is 7.12. The number of amides is 1. The highest BCUT2D eigenvalue weighted by Gasteiger charge is 2.34. The van der Waals surface area contributed by atoms with Crippen LogP contribution in [0, 0.1) is 0 Å². The molecule has 0 aliphatic carbocycles. The Bertz CT molecular complexity index is 775. The fraction of sp³-hybridized carbons (Fsp3) is 0.176. The van der Waals surface area contributed by atoms with Crippen LogP contribution < -0.4 is 5.32 Å². The monoisotopic (exact) mass is 415 g/mol. The Kier molecular flexibility index (Phi) is 5.84. The molecule has 0 aromatic heterocycles. The second-order valence-electron chi connectivity index (χ2n) is 5.09. The summed E-state index contributed by atoms with van der Waals surface area (Å²) < 4.78 is 44.5. The summed E-state index contributed by atoms with van der Waals surface area (Å²) in [5, 5.41) is 2.14. The topological polar surface area (TPSA) is 55.4 Å². The summed E-state index contributed by atoms with van der Waals surface area (Å²) in [7, 11) is 0. The third-order valence-corrected chi connectivity index (χ3v) is 3.75. The number of hydrogen-bond acceptors (Lipinski definition) is 3. The van der Waals surface area contributed by atoms with E-state index in [9.17, 15) is 22.8 Å². The highest BCUT2D eigenvalue weighted by molar-refractivity contribution is 9.10. The van der Waals surface area contributed by atoms with E-state index in [-0.39, 0.29) is 5.56 Å². The van der Waals surface area contributed by atoms with Gasteiger partial charge in [0.05, 0.1) is 16.8 Å². The predicted octanol–water partition coefficient (Wildman–Crippen LogP) is 4.65. The van der Waals surface area contributed by atoms with Crippen LogP contribution in [0.5, 0.6) is 0 Å². The summed E-state index contributed by atoms with van der Waals surface area (Å²) in [6.07, 6.45) is -5.88. The lowest BCUT2D eigenvalue weighted by molar-refractivity contribution is -0.137. The molecule has 1 amide bonds. The van der Waals surface area contributed by atoms with Crippen molar-refractivity contribution in [2.75, 3.05) is 5.32 Å². The van der Waals surface area contributed by atoms with Crippen LogP contribution in [0.4, 0.5) is 18.9 Å². The van der Waals surface area contributed by atoms with Crippen LogP contribution >= 0.6 is 15.9 Å². The van der Waals surface area contributed by atoms with E-state index >= 15 is 0 Å². The van der Waals surface area contributed by atoms with Crippen molar-refractivity contribution >= 4 is 33.5 Å². The van der Waals surface area contributed by atoms with E-state index in [1.54, 1.807) is 12.1 Å². The van der Waals surface area contributed by atoms with Gasteiger partial charge in [-0.3, -0.25) is 4.79 Å². The summed E-state index contributed by atoms with van der Waals surface area (Å²) in [6.45, 7) is 1.28. The molecule has 0 aliphatic heterocycles. The first-order chi connectivity index (χ1) is 11.7. The summed E-state index contributed by atoms with van der Waals surface area (Å²) in [5.41, 5.74) is -1.15. The first-order valence-corrected chi connectivity index (χ1v) is 7.91. The van der Waals surface area contributed by atoms with Crippen LogP contribution in [-0.2, 0) is 15.7 Å². The SMILES string of the molecule is CC(OC(=O)c1ccc(Br)cc1)C(=O)Nc1ccccc1C(F)(F)F. The molecule has 4 nitrogen and oxygen atoms in total. The lowest BCUT2D eigenvalue weighted by Crippen LogP contribution is -2.30. The second kappa shape index (κ2) is 7.69. The Morgan fingerprint density at radius 3 is 2.28 bits per heavy atom. The molecular weight excluding hydrogens is 403 g/mol. The highest BCUT2D eigenvalue weighted by atomic mass is 79.9. The third-order valence-electron chi connectivity index (χ3n) is 3.22. The standard InChI is InChI=1S/C17H13BrF3NO3/c1-10(25-16(24)11-6-8-12(18)9-7-11)15(23)22-14-5-3-2-4-13(14)17(19,20)21/h2-10H,1H3,(H,22,23). The van der Waals surface area contributed by atoms with E-state index < -0.39 is 35.4 Å². The lowest BCUT2D eigenvalue weighted by Gasteiger charge is -2.16. The Balaban J connectivity index is 2.06. The van der Waals surface area contributed by atoms with Crippen LogP contribution in [0.1, 0.15) is 22.8 Å². The molecule has 1 atom stereocenters. The van der Waals surface area contributed by atoms with Gasteiger partial charge in [0.2, 0.25) is 0 Å². The number of hydrogen-bond donors (Lipinski definition) is 1. The average molecular weight is 416 g/mol. The second-order valence-corrected chi connectivity index (χ2v) is 6.00. The molecule has 132 valence electrons. The van der Waals surface area contributed by atoms with E-state index in [2.05, 4.69) is 21.2 Å². The maximum Gasteiger partial charge on any atom is 0.418 e. The number of carbonyl (C=O) groups is 2. The molecule has 0 spiro atoms. The number of alkyl halides is 3. The Labute approximate surface area is 150 Å². The minimum atomic E-state index is -4.61. The summed E-state index contributed by atoms with van der Waals surface area (Å²) >= 11 is 3.22. The Morgan fingerprint density at radius 1 is 1.08 bits per heavy atom. The maximum absolute atomic E-state index is 12.9. The van der Waals surface area contributed by atoms with Crippen molar-refractivity contribution in [2.45, 2.75) is 19.2 Å². The minimum absolute atomic E-state index is 0.221. The van der Waals surface area contributed by atoms with Crippen LogP contribution in [-0.4, -0.2) is 18.0 Å². The number of esters is 1. The van der Waals surface area contributed by atoms with Gasteiger partial charge in [-0.25, -0.2) is 4.79 Å². The van der Waals surface area contributed by atoms with Gasteiger partial charge in [-0.05, 0) is 43.3 Å². The minimum Gasteiger partial charge on any atom is -0.449 e. The van der Waals surface area contributed by atoms with E-state index in [0.717, 1.165) is 16.6 Å². The number of rotatable bonds is 4. The molecule has 2 aromatic rings. The zero-order valence-electron chi connectivity index (χ0n) is 12.9. The molecule has 0 saturated heterocycles. The molecule has 0 aliphatic rings. The van der Waals surface area contributed by atoms with Crippen LogP contribution in [0.2, 0.25) is 0 Å². The van der Waals surface area contributed by atoms with Crippen molar-refractivity contribution in [3.05, 3.63) is 64.1 Å². The van der Waals surface area contributed by atoms with Gasteiger partial charge >= 0.3 is 12.1 Å². The summed E-state index contributed by atoms with van der Waals surface area (Å²) in [6, 6.07) is 10.8. The molecule has 25 heavy (non-hydrogen) atoms. The number of anilines is 1. The summed E-state index contributed by atoms with van der Waals surface area (Å²) in [5.74, 6) is -1.61. The molecule has 0 bridgehead atoms. The van der Waals surface area contributed by atoms with Gasteiger partial charge in [0.15, 0.2) is 6.10 Å². The third kappa shape index (κ3) is 5.06. The van der Waals surface area contributed by atoms with Crippen molar-refractivity contribution in [1.29, 1.82) is 0 Å². The smallest absolute Gasteiger partial charge is 0.418 e. The lowest BCUT2D eigenvalue weighted by atomic mass is 10.1. The van der Waals surface area contributed by atoms with Crippen LogP contribution in [0.3, 0.4) is 0 Å². The molecule has 0 fully saturated rings. The molecular formula is C17H13BrF3NO3. The normalized spacial score (nSPS) is 12.4. The van der Waals surface area contributed by atoms with Gasteiger partial charge in [0.1, 0.15) is 0 Å². The van der Waals surface area contributed by atoms with Crippen LogP contribution in [0.25, 0.3) is 0 Å². The molecule has 2 rings (SSSR count). The fourth-order valence-corrected chi connectivity index (χ4v) is 2.21. The number of carbonyl (C=O) groups excluding carboxylic acids is 2. The quantitative estimate of drug-likeness (QED) is 0.739.